The highest BCUT2D eigenvalue weighted by Gasteiger charge is 2.32. The SMILES string of the molecule is CCc1ccc(-c2cc(Cl)cc3c2OC(C)(C)C3)cc1.O=C(O)C1CC1. The molecule has 0 saturated heterocycles. The highest BCUT2D eigenvalue weighted by Crippen LogP contribution is 2.44. The second-order valence-corrected chi connectivity index (χ2v) is 8.08. The number of ether oxygens (including phenoxy) is 1. The molecule has 2 aromatic carbocycles. The number of hydrogen-bond donors (Lipinski definition) is 1. The van der Waals surface area contributed by atoms with Crippen molar-refractivity contribution in [2.75, 3.05) is 0 Å². The van der Waals surface area contributed by atoms with Gasteiger partial charge in [-0.1, -0.05) is 42.8 Å². The minimum absolute atomic E-state index is 0.0185. The van der Waals surface area contributed by atoms with Gasteiger partial charge in [0.25, 0.3) is 0 Å². The van der Waals surface area contributed by atoms with E-state index in [2.05, 4.69) is 45.0 Å². The minimum atomic E-state index is -0.630. The Morgan fingerprint density at radius 2 is 1.88 bits per heavy atom. The summed E-state index contributed by atoms with van der Waals surface area (Å²) in [6.07, 6.45) is 3.76. The van der Waals surface area contributed by atoms with Crippen molar-refractivity contribution >= 4 is 17.6 Å². The molecule has 1 aliphatic heterocycles. The zero-order valence-electron chi connectivity index (χ0n) is 15.5. The number of carbonyl (C=O) groups is 1. The summed E-state index contributed by atoms with van der Waals surface area (Å²) in [6, 6.07) is 12.7. The summed E-state index contributed by atoms with van der Waals surface area (Å²) < 4.78 is 6.13. The number of aryl methyl sites for hydroxylation is 1. The molecule has 138 valence electrons. The Bertz CT molecular complexity index is 805. The maximum atomic E-state index is 9.76. The first kappa shape index (κ1) is 18.8. The van der Waals surface area contributed by atoms with E-state index in [1.807, 2.05) is 12.1 Å². The average Bonchev–Trinajstić information content (AvgIpc) is 3.38. The van der Waals surface area contributed by atoms with Crippen LogP contribution in [0.15, 0.2) is 36.4 Å². The summed E-state index contributed by atoms with van der Waals surface area (Å²) in [5.41, 5.74) is 4.66. The molecule has 0 spiro atoms. The second-order valence-electron chi connectivity index (χ2n) is 7.64. The van der Waals surface area contributed by atoms with Crippen LogP contribution in [0.25, 0.3) is 11.1 Å². The second kappa shape index (κ2) is 7.32. The van der Waals surface area contributed by atoms with Crippen LogP contribution in [0, 0.1) is 5.92 Å². The van der Waals surface area contributed by atoms with E-state index in [1.54, 1.807) is 0 Å². The number of rotatable bonds is 3. The van der Waals surface area contributed by atoms with Crippen LogP contribution in [-0.4, -0.2) is 16.7 Å². The number of carboxylic acids is 1. The van der Waals surface area contributed by atoms with Crippen molar-refractivity contribution in [1.29, 1.82) is 0 Å². The quantitative estimate of drug-likeness (QED) is 0.744. The van der Waals surface area contributed by atoms with Gasteiger partial charge < -0.3 is 9.84 Å². The van der Waals surface area contributed by atoms with E-state index in [9.17, 15) is 4.79 Å². The Hall–Kier alpha value is -2.00. The lowest BCUT2D eigenvalue weighted by Gasteiger charge is -2.18. The van der Waals surface area contributed by atoms with Crippen LogP contribution in [0.3, 0.4) is 0 Å². The van der Waals surface area contributed by atoms with Gasteiger partial charge in [-0.25, -0.2) is 0 Å². The summed E-state index contributed by atoms with van der Waals surface area (Å²) in [6.45, 7) is 6.40. The van der Waals surface area contributed by atoms with Gasteiger partial charge in [-0.3, -0.25) is 4.79 Å². The first-order chi connectivity index (χ1) is 12.3. The van der Waals surface area contributed by atoms with E-state index in [0.717, 1.165) is 42.0 Å². The van der Waals surface area contributed by atoms with Crippen molar-refractivity contribution in [1.82, 2.24) is 0 Å². The van der Waals surface area contributed by atoms with Crippen molar-refractivity contribution in [3.8, 4) is 16.9 Å². The van der Waals surface area contributed by atoms with Crippen molar-refractivity contribution in [2.24, 2.45) is 5.92 Å². The topological polar surface area (TPSA) is 46.5 Å². The monoisotopic (exact) mass is 372 g/mol. The molecule has 1 aliphatic carbocycles. The molecule has 1 saturated carbocycles. The van der Waals surface area contributed by atoms with Gasteiger partial charge in [0.1, 0.15) is 11.4 Å². The van der Waals surface area contributed by atoms with Crippen LogP contribution in [0.4, 0.5) is 0 Å². The number of benzene rings is 2. The zero-order chi connectivity index (χ0) is 18.9. The van der Waals surface area contributed by atoms with E-state index in [-0.39, 0.29) is 11.5 Å². The zero-order valence-corrected chi connectivity index (χ0v) is 16.3. The van der Waals surface area contributed by atoms with Gasteiger partial charge in [0.2, 0.25) is 0 Å². The highest BCUT2D eigenvalue weighted by molar-refractivity contribution is 6.31. The molecule has 2 aliphatic rings. The molecule has 26 heavy (non-hydrogen) atoms. The Kier molecular flexibility index (Phi) is 5.29. The molecular weight excluding hydrogens is 348 g/mol. The number of fused-ring (bicyclic) bond motifs is 1. The van der Waals surface area contributed by atoms with Crippen molar-refractivity contribution in [3.05, 3.63) is 52.5 Å². The molecule has 1 N–H and O–H groups in total. The fraction of sp³-hybridized carbons (Fsp3) is 0.409. The van der Waals surface area contributed by atoms with Gasteiger partial charge in [-0.05, 0) is 56.4 Å². The summed E-state index contributed by atoms with van der Waals surface area (Å²) >= 11 is 6.27. The predicted molar refractivity (Wildman–Crippen MR) is 105 cm³/mol. The highest BCUT2D eigenvalue weighted by atomic mass is 35.5. The van der Waals surface area contributed by atoms with E-state index >= 15 is 0 Å². The molecule has 0 amide bonds. The fourth-order valence-electron chi connectivity index (χ4n) is 3.14. The Morgan fingerprint density at radius 3 is 2.38 bits per heavy atom. The normalized spacial score (nSPS) is 16.9. The molecule has 0 atom stereocenters. The Morgan fingerprint density at radius 1 is 1.23 bits per heavy atom. The fourth-order valence-corrected chi connectivity index (χ4v) is 3.38. The lowest BCUT2D eigenvalue weighted by Crippen LogP contribution is -2.24. The van der Waals surface area contributed by atoms with E-state index in [4.69, 9.17) is 21.4 Å². The van der Waals surface area contributed by atoms with Gasteiger partial charge >= 0.3 is 5.97 Å². The molecule has 1 fully saturated rings. The summed E-state index contributed by atoms with van der Waals surface area (Å²) in [7, 11) is 0. The molecule has 4 heteroatoms. The van der Waals surface area contributed by atoms with Crippen LogP contribution >= 0.6 is 11.6 Å². The molecule has 4 rings (SSSR count). The lowest BCUT2D eigenvalue weighted by atomic mass is 9.97. The van der Waals surface area contributed by atoms with Crippen LogP contribution in [0.2, 0.25) is 5.02 Å². The average molecular weight is 373 g/mol. The van der Waals surface area contributed by atoms with Crippen LogP contribution in [0.1, 0.15) is 44.7 Å². The number of halogens is 1. The van der Waals surface area contributed by atoms with Crippen molar-refractivity contribution in [3.63, 3.8) is 0 Å². The van der Waals surface area contributed by atoms with E-state index < -0.39 is 5.97 Å². The van der Waals surface area contributed by atoms with Gasteiger partial charge in [-0.2, -0.15) is 0 Å². The van der Waals surface area contributed by atoms with E-state index in [0.29, 0.717) is 0 Å². The van der Waals surface area contributed by atoms with Crippen LogP contribution in [-0.2, 0) is 17.6 Å². The first-order valence-electron chi connectivity index (χ1n) is 9.12. The molecular formula is C22H25ClO3. The molecule has 0 unspecified atom stereocenters. The molecule has 1 heterocycles. The summed E-state index contributed by atoms with van der Waals surface area (Å²) in [5.74, 6) is 0.378. The number of hydrogen-bond acceptors (Lipinski definition) is 2. The molecule has 0 aromatic heterocycles. The molecule has 0 radical (unpaired) electrons. The summed E-state index contributed by atoms with van der Waals surface area (Å²) in [5, 5.41) is 8.83. The largest absolute Gasteiger partial charge is 0.487 e. The number of carboxylic acid groups (broad SMARTS) is 1. The standard InChI is InChI=1S/C18H19ClO.C4H6O2/c1-4-12-5-7-13(8-6-12)16-10-15(19)9-14-11-18(2,3)20-17(14)16;5-4(6)3-1-2-3/h5-10H,4,11H2,1-3H3;3H,1-2H2,(H,5,6). The predicted octanol–water partition coefficient (Wildman–Crippen LogP) is 5.76. The van der Waals surface area contributed by atoms with Crippen LogP contribution in [0.5, 0.6) is 5.75 Å². The third-order valence-corrected chi connectivity index (χ3v) is 4.94. The maximum Gasteiger partial charge on any atom is 0.306 e. The van der Waals surface area contributed by atoms with Gasteiger partial charge in [0.15, 0.2) is 0 Å². The minimum Gasteiger partial charge on any atom is -0.487 e. The van der Waals surface area contributed by atoms with Crippen molar-refractivity contribution < 1.29 is 14.6 Å². The van der Waals surface area contributed by atoms with Gasteiger partial charge in [0, 0.05) is 22.6 Å². The molecule has 2 aromatic rings. The smallest absolute Gasteiger partial charge is 0.306 e. The molecule has 3 nitrogen and oxygen atoms in total. The third kappa shape index (κ3) is 4.39. The third-order valence-electron chi connectivity index (χ3n) is 4.72. The van der Waals surface area contributed by atoms with E-state index in [1.165, 1.54) is 16.7 Å². The lowest BCUT2D eigenvalue weighted by molar-refractivity contribution is -0.138. The molecule has 0 bridgehead atoms. The van der Waals surface area contributed by atoms with Gasteiger partial charge in [0.05, 0.1) is 5.92 Å². The summed E-state index contributed by atoms with van der Waals surface area (Å²) in [4.78, 5) is 9.76. The number of aliphatic carboxylic acids is 1. The van der Waals surface area contributed by atoms with Gasteiger partial charge in [-0.15, -0.1) is 0 Å². The first-order valence-corrected chi connectivity index (χ1v) is 9.50. The Labute approximate surface area is 160 Å². The Balaban J connectivity index is 0.000000278. The van der Waals surface area contributed by atoms with Crippen molar-refractivity contribution in [2.45, 2.75) is 52.1 Å². The van der Waals surface area contributed by atoms with Crippen LogP contribution < -0.4 is 4.74 Å². The maximum absolute atomic E-state index is 9.76.